The number of imidazole rings is 1. The molecule has 1 aliphatic heterocycles. The lowest BCUT2D eigenvalue weighted by atomic mass is 10.2. The van der Waals surface area contributed by atoms with Gasteiger partial charge in [0, 0.05) is 41.3 Å². The molecule has 4 aromatic rings. The van der Waals surface area contributed by atoms with Crippen LogP contribution in [0.25, 0.3) is 10.9 Å². The van der Waals surface area contributed by atoms with Gasteiger partial charge in [0.2, 0.25) is 5.91 Å². The summed E-state index contributed by atoms with van der Waals surface area (Å²) >= 11 is 1.57. The van der Waals surface area contributed by atoms with Crippen LogP contribution in [0.15, 0.2) is 72.1 Å². The zero-order chi connectivity index (χ0) is 21.4. The Bertz CT molecular complexity index is 1260. The number of nitrogens with zero attached hydrogens (tertiary/aromatic N) is 3. The molecule has 0 saturated carbocycles. The molecule has 2 aromatic carbocycles. The number of hydrogen-bond acceptors (Lipinski definition) is 4. The molecule has 0 spiro atoms. The molecule has 1 aliphatic rings. The molecule has 0 aliphatic carbocycles. The highest BCUT2D eigenvalue weighted by Gasteiger charge is 2.31. The van der Waals surface area contributed by atoms with E-state index in [2.05, 4.69) is 21.4 Å². The van der Waals surface area contributed by atoms with Crippen molar-refractivity contribution in [1.82, 2.24) is 19.9 Å². The van der Waals surface area contributed by atoms with Crippen molar-refractivity contribution in [2.45, 2.75) is 17.5 Å². The van der Waals surface area contributed by atoms with Crippen molar-refractivity contribution in [1.29, 1.82) is 0 Å². The van der Waals surface area contributed by atoms with Crippen LogP contribution >= 0.6 is 11.8 Å². The van der Waals surface area contributed by atoms with Gasteiger partial charge in [-0.1, -0.05) is 30.3 Å². The predicted octanol–water partition coefficient (Wildman–Crippen LogP) is 3.28. The van der Waals surface area contributed by atoms with Crippen LogP contribution in [0.3, 0.4) is 0 Å². The SMILES string of the molecule is CN1C(=O)[C@@H](NC(=O)c2cncn2Cc2ccccc2)CSc2cc3[nH]ccc3cc21. The van der Waals surface area contributed by atoms with Crippen LogP contribution in [-0.4, -0.2) is 45.2 Å². The minimum atomic E-state index is -0.631. The van der Waals surface area contributed by atoms with Gasteiger partial charge in [0.05, 0.1) is 18.2 Å². The number of aromatic nitrogens is 3. The number of H-pyrrole nitrogens is 1. The van der Waals surface area contributed by atoms with E-state index in [9.17, 15) is 9.59 Å². The zero-order valence-corrected chi connectivity index (χ0v) is 17.7. The average molecular weight is 432 g/mol. The number of fused-ring (bicyclic) bond motifs is 2. The number of thioether (sulfide) groups is 1. The van der Waals surface area contributed by atoms with E-state index >= 15 is 0 Å². The Kier molecular flexibility index (Phi) is 4.99. The maximum absolute atomic E-state index is 13.1. The Morgan fingerprint density at radius 2 is 2.10 bits per heavy atom. The number of amides is 2. The fourth-order valence-electron chi connectivity index (χ4n) is 3.79. The minimum absolute atomic E-state index is 0.136. The highest BCUT2D eigenvalue weighted by molar-refractivity contribution is 7.99. The number of nitrogens with one attached hydrogen (secondary N) is 2. The highest BCUT2D eigenvalue weighted by atomic mass is 32.2. The molecule has 0 saturated heterocycles. The summed E-state index contributed by atoms with van der Waals surface area (Å²) in [7, 11) is 1.75. The van der Waals surface area contributed by atoms with Gasteiger partial charge in [-0.3, -0.25) is 9.59 Å². The summed E-state index contributed by atoms with van der Waals surface area (Å²) in [5.41, 5.74) is 3.38. The van der Waals surface area contributed by atoms with Crippen molar-refractivity contribution in [2.75, 3.05) is 17.7 Å². The first-order valence-electron chi connectivity index (χ1n) is 9.96. The molecular formula is C23H21N5O2S. The second-order valence-corrected chi connectivity index (χ2v) is 8.57. The largest absolute Gasteiger partial charge is 0.361 e. The van der Waals surface area contributed by atoms with Crippen LogP contribution in [0.2, 0.25) is 0 Å². The third kappa shape index (κ3) is 3.70. The van der Waals surface area contributed by atoms with Gasteiger partial charge in [0.15, 0.2) is 0 Å². The number of carbonyl (C=O) groups excluding carboxylic acids is 2. The topological polar surface area (TPSA) is 83.0 Å². The Labute approximate surface area is 183 Å². The van der Waals surface area contributed by atoms with Crippen LogP contribution in [0.4, 0.5) is 5.69 Å². The van der Waals surface area contributed by atoms with Gasteiger partial charge >= 0.3 is 0 Å². The first-order chi connectivity index (χ1) is 15.1. The van der Waals surface area contributed by atoms with E-state index in [0.717, 1.165) is 27.0 Å². The summed E-state index contributed by atoms with van der Waals surface area (Å²) in [5.74, 6) is 0.0171. The number of likely N-dealkylation sites (N-methyl/N-ethyl adjacent to an activating group) is 1. The molecule has 156 valence electrons. The fourth-order valence-corrected chi connectivity index (χ4v) is 4.91. The maximum atomic E-state index is 13.1. The minimum Gasteiger partial charge on any atom is -0.361 e. The molecule has 2 aromatic heterocycles. The standard InChI is InChI=1S/C23H21N5O2S/c1-27-19-9-16-7-8-25-17(16)10-21(19)31-13-18(23(27)30)26-22(29)20-11-24-14-28(20)12-15-5-3-2-4-6-15/h2-11,14,18,25H,12-13H2,1H3,(H,26,29)/t18-/m0/s1. The van der Waals surface area contributed by atoms with E-state index in [-0.39, 0.29) is 11.8 Å². The summed E-state index contributed by atoms with van der Waals surface area (Å²) in [5, 5.41) is 3.97. The lowest BCUT2D eigenvalue weighted by molar-refractivity contribution is -0.119. The van der Waals surface area contributed by atoms with E-state index in [4.69, 9.17) is 0 Å². The van der Waals surface area contributed by atoms with Gasteiger partial charge in [-0.05, 0) is 23.8 Å². The number of carbonyl (C=O) groups is 2. The lowest BCUT2D eigenvalue weighted by Gasteiger charge is -2.22. The van der Waals surface area contributed by atoms with E-state index in [1.807, 2.05) is 48.7 Å². The van der Waals surface area contributed by atoms with Crippen molar-refractivity contribution in [3.05, 3.63) is 78.5 Å². The van der Waals surface area contributed by atoms with E-state index in [1.54, 1.807) is 34.6 Å². The Morgan fingerprint density at radius 1 is 1.26 bits per heavy atom. The molecule has 0 bridgehead atoms. The maximum Gasteiger partial charge on any atom is 0.270 e. The summed E-state index contributed by atoms with van der Waals surface area (Å²) in [6.07, 6.45) is 5.06. The van der Waals surface area contributed by atoms with Crippen molar-refractivity contribution in [3.63, 3.8) is 0 Å². The Morgan fingerprint density at radius 3 is 2.94 bits per heavy atom. The number of anilines is 1. The molecule has 8 heteroatoms. The third-order valence-electron chi connectivity index (χ3n) is 5.47. The summed E-state index contributed by atoms with van der Waals surface area (Å²) < 4.78 is 1.79. The van der Waals surface area contributed by atoms with Gasteiger partial charge in [-0.15, -0.1) is 11.8 Å². The van der Waals surface area contributed by atoms with Gasteiger partial charge < -0.3 is 19.8 Å². The lowest BCUT2D eigenvalue weighted by Crippen LogP contribution is -2.48. The molecule has 1 atom stereocenters. The third-order valence-corrected chi connectivity index (χ3v) is 6.61. The number of hydrogen-bond donors (Lipinski definition) is 2. The Balaban J connectivity index is 1.35. The number of benzene rings is 2. The predicted molar refractivity (Wildman–Crippen MR) is 121 cm³/mol. The van der Waals surface area contributed by atoms with Crippen molar-refractivity contribution in [3.8, 4) is 0 Å². The quantitative estimate of drug-likeness (QED) is 0.520. The summed E-state index contributed by atoms with van der Waals surface area (Å²) in [4.78, 5) is 36.1. The zero-order valence-electron chi connectivity index (χ0n) is 16.9. The van der Waals surface area contributed by atoms with Crippen LogP contribution in [0.5, 0.6) is 0 Å². The highest BCUT2D eigenvalue weighted by Crippen LogP contribution is 2.36. The van der Waals surface area contributed by atoms with Crippen LogP contribution in [0, 0.1) is 0 Å². The second-order valence-electron chi connectivity index (χ2n) is 7.51. The molecular weight excluding hydrogens is 410 g/mol. The van der Waals surface area contributed by atoms with Crippen molar-refractivity contribution in [2.24, 2.45) is 0 Å². The smallest absolute Gasteiger partial charge is 0.270 e. The average Bonchev–Trinajstić information content (AvgIpc) is 3.42. The van der Waals surface area contributed by atoms with E-state index < -0.39 is 6.04 Å². The molecule has 0 unspecified atom stereocenters. The molecule has 2 N–H and O–H groups in total. The second kappa shape index (κ2) is 7.96. The van der Waals surface area contributed by atoms with Crippen LogP contribution in [-0.2, 0) is 11.3 Å². The normalized spacial score (nSPS) is 16.2. The van der Waals surface area contributed by atoms with Crippen LogP contribution < -0.4 is 10.2 Å². The molecule has 0 fully saturated rings. The molecule has 3 heterocycles. The molecule has 5 rings (SSSR count). The molecule has 2 amide bonds. The van der Waals surface area contributed by atoms with Gasteiger partial charge in [-0.25, -0.2) is 4.98 Å². The van der Waals surface area contributed by atoms with Crippen LogP contribution in [0.1, 0.15) is 16.1 Å². The van der Waals surface area contributed by atoms with Gasteiger partial charge in [0.1, 0.15) is 11.7 Å². The number of rotatable bonds is 4. The first kappa shape index (κ1) is 19.4. The first-order valence-corrected chi connectivity index (χ1v) is 10.9. The fraction of sp³-hybridized carbons (Fsp3) is 0.174. The van der Waals surface area contributed by atoms with E-state index in [0.29, 0.717) is 18.0 Å². The van der Waals surface area contributed by atoms with Crippen molar-refractivity contribution < 1.29 is 9.59 Å². The number of aromatic amines is 1. The van der Waals surface area contributed by atoms with Gasteiger partial charge in [0.25, 0.3) is 5.91 Å². The molecule has 31 heavy (non-hydrogen) atoms. The summed E-state index contributed by atoms with van der Waals surface area (Å²) in [6.45, 7) is 0.536. The molecule has 0 radical (unpaired) electrons. The van der Waals surface area contributed by atoms with Crippen molar-refractivity contribution >= 4 is 40.2 Å². The Hall–Kier alpha value is -3.52. The van der Waals surface area contributed by atoms with E-state index in [1.165, 1.54) is 6.20 Å². The molecule has 7 nitrogen and oxygen atoms in total. The summed E-state index contributed by atoms with van der Waals surface area (Å²) in [6, 6.07) is 15.3. The van der Waals surface area contributed by atoms with Gasteiger partial charge in [-0.2, -0.15) is 0 Å². The monoisotopic (exact) mass is 431 g/mol.